The van der Waals surface area contributed by atoms with Gasteiger partial charge in [0.2, 0.25) is 0 Å². The van der Waals surface area contributed by atoms with E-state index < -0.39 is 5.82 Å². The molecule has 0 aliphatic rings. The first kappa shape index (κ1) is 13.1. The molecule has 1 atom stereocenters. The Labute approximate surface area is 119 Å². The number of aromatic hydroxyl groups is 1. The summed E-state index contributed by atoms with van der Waals surface area (Å²) in [4.78, 5) is 0. The Hall–Kier alpha value is -1.30. The second-order valence-electron chi connectivity index (χ2n) is 4.08. The molecule has 0 aromatic heterocycles. The standard InChI is InChI=1S/C14H13FINO/c1-9(13-7-6-12(18)8-14(13)15)17-11-4-2-10(16)3-5-11/h2-9,17-18H,1H3. The van der Waals surface area contributed by atoms with Crippen molar-refractivity contribution in [3.8, 4) is 5.75 Å². The van der Waals surface area contributed by atoms with Crippen molar-refractivity contribution in [2.45, 2.75) is 13.0 Å². The van der Waals surface area contributed by atoms with Crippen LogP contribution in [0.5, 0.6) is 5.75 Å². The topological polar surface area (TPSA) is 32.3 Å². The van der Waals surface area contributed by atoms with Crippen LogP contribution in [0.1, 0.15) is 18.5 Å². The second-order valence-corrected chi connectivity index (χ2v) is 5.32. The third kappa shape index (κ3) is 3.13. The summed E-state index contributed by atoms with van der Waals surface area (Å²) in [6.45, 7) is 1.88. The van der Waals surface area contributed by atoms with Crippen molar-refractivity contribution in [3.05, 3.63) is 57.4 Å². The zero-order valence-electron chi connectivity index (χ0n) is 9.82. The van der Waals surface area contributed by atoms with Crippen LogP contribution < -0.4 is 5.32 Å². The average Bonchev–Trinajstić information content (AvgIpc) is 2.32. The molecule has 2 rings (SSSR count). The second kappa shape index (κ2) is 5.56. The molecule has 0 aliphatic heterocycles. The molecule has 94 valence electrons. The van der Waals surface area contributed by atoms with Gasteiger partial charge >= 0.3 is 0 Å². The lowest BCUT2D eigenvalue weighted by Crippen LogP contribution is -2.08. The fourth-order valence-electron chi connectivity index (χ4n) is 1.74. The Bertz CT molecular complexity index is 542. The largest absolute Gasteiger partial charge is 0.508 e. The number of benzene rings is 2. The first-order chi connectivity index (χ1) is 8.56. The predicted molar refractivity (Wildman–Crippen MR) is 79.3 cm³/mol. The number of phenolic OH excluding ortho intramolecular Hbond substituents is 1. The Kier molecular flexibility index (Phi) is 4.06. The van der Waals surface area contributed by atoms with Crippen molar-refractivity contribution < 1.29 is 9.50 Å². The van der Waals surface area contributed by atoms with Crippen LogP contribution in [0.2, 0.25) is 0 Å². The van der Waals surface area contributed by atoms with Crippen LogP contribution in [0, 0.1) is 9.39 Å². The summed E-state index contributed by atoms with van der Waals surface area (Å²) >= 11 is 2.24. The molecule has 2 N–H and O–H groups in total. The van der Waals surface area contributed by atoms with Crippen molar-refractivity contribution in [2.24, 2.45) is 0 Å². The SMILES string of the molecule is CC(Nc1ccc(I)cc1)c1ccc(O)cc1F. The van der Waals surface area contributed by atoms with E-state index in [4.69, 9.17) is 0 Å². The molecule has 0 saturated carbocycles. The highest BCUT2D eigenvalue weighted by molar-refractivity contribution is 14.1. The van der Waals surface area contributed by atoms with Gasteiger partial charge in [0.15, 0.2) is 0 Å². The summed E-state index contributed by atoms with van der Waals surface area (Å²) in [5, 5.41) is 12.4. The highest BCUT2D eigenvalue weighted by atomic mass is 127. The number of anilines is 1. The van der Waals surface area contributed by atoms with E-state index in [1.165, 1.54) is 6.07 Å². The first-order valence-electron chi connectivity index (χ1n) is 5.57. The highest BCUT2D eigenvalue weighted by Gasteiger charge is 2.11. The maximum atomic E-state index is 13.7. The quantitative estimate of drug-likeness (QED) is 0.803. The lowest BCUT2D eigenvalue weighted by molar-refractivity contribution is 0.467. The van der Waals surface area contributed by atoms with Gasteiger partial charge in [-0.3, -0.25) is 0 Å². The minimum absolute atomic E-state index is 0.0577. The van der Waals surface area contributed by atoms with Crippen LogP contribution >= 0.6 is 22.6 Å². The van der Waals surface area contributed by atoms with E-state index in [2.05, 4.69) is 27.9 Å². The first-order valence-corrected chi connectivity index (χ1v) is 6.64. The molecular weight excluding hydrogens is 344 g/mol. The van der Waals surface area contributed by atoms with Crippen LogP contribution in [0.15, 0.2) is 42.5 Å². The Morgan fingerprint density at radius 1 is 1.17 bits per heavy atom. The molecule has 2 aromatic rings. The lowest BCUT2D eigenvalue weighted by atomic mass is 10.1. The van der Waals surface area contributed by atoms with Crippen molar-refractivity contribution in [2.75, 3.05) is 5.32 Å². The number of hydrogen-bond donors (Lipinski definition) is 2. The number of phenols is 1. The van der Waals surface area contributed by atoms with Crippen LogP contribution in [0.25, 0.3) is 0 Å². The lowest BCUT2D eigenvalue weighted by Gasteiger charge is -2.16. The van der Waals surface area contributed by atoms with Gasteiger partial charge in [0.25, 0.3) is 0 Å². The molecule has 2 aromatic carbocycles. The molecule has 0 heterocycles. The van der Waals surface area contributed by atoms with Gasteiger partial charge in [-0.15, -0.1) is 0 Å². The summed E-state index contributed by atoms with van der Waals surface area (Å²) in [5.41, 5.74) is 1.47. The molecule has 0 aliphatic carbocycles. The van der Waals surface area contributed by atoms with Gasteiger partial charge in [-0.2, -0.15) is 0 Å². The van der Waals surface area contributed by atoms with Gasteiger partial charge < -0.3 is 10.4 Å². The number of hydrogen-bond acceptors (Lipinski definition) is 2. The van der Waals surface area contributed by atoms with Crippen molar-refractivity contribution in [1.29, 1.82) is 0 Å². The van der Waals surface area contributed by atoms with Crippen LogP contribution in [0.4, 0.5) is 10.1 Å². The molecule has 0 saturated heterocycles. The van der Waals surface area contributed by atoms with E-state index >= 15 is 0 Å². The molecule has 4 heteroatoms. The molecule has 0 spiro atoms. The summed E-state index contributed by atoms with van der Waals surface area (Å²) in [5.74, 6) is -0.460. The third-order valence-corrected chi connectivity index (χ3v) is 3.40. The van der Waals surface area contributed by atoms with Crippen molar-refractivity contribution >= 4 is 28.3 Å². The maximum Gasteiger partial charge on any atom is 0.132 e. The molecule has 0 amide bonds. The molecule has 18 heavy (non-hydrogen) atoms. The summed E-state index contributed by atoms with van der Waals surface area (Å²) in [6, 6.07) is 11.9. The maximum absolute atomic E-state index is 13.7. The summed E-state index contributed by atoms with van der Waals surface area (Å²) < 4.78 is 14.8. The Morgan fingerprint density at radius 3 is 2.44 bits per heavy atom. The molecule has 0 bridgehead atoms. The number of nitrogens with one attached hydrogen (secondary N) is 1. The van der Waals surface area contributed by atoms with E-state index in [0.29, 0.717) is 5.56 Å². The fraction of sp³-hybridized carbons (Fsp3) is 0.143. The molecule has 0 radical (unpaired) electrons. The van der Waals surface area contributed by atoms with Gasteiger partial charge in [0.1, 0.15) is 11.6 Å². The molecule has 2 nitrogen and oxygen atoms in total. The monoisotopic (exact) mass is 357 g/mol. The Balaban J connectivity index is 2.16. The fourth-order valence-corrected chi connectivity index (χ4v) is 2.10. The van der Waals surface area contributed by atoms with E-state index in [1.54, 1.807) is 6.07 Å². The molecular formula is C14H13FINO. The van der Waals surface area contributed by atoms with Gasteiger partial charge in [-0.25, -0.2) is 4.39 Å². The van der Waals surface area contributed by atoms with Gasteiger partial charge in [-0.05, 0) is 59.8 Å². The summed E-state index contributed by atoms with van der Waals surface area (Å²) in [7, 11) is 0. The van der Waals surface area contributed by atoms with Crippen LogP contribution in [0.3, 0.4) is 0 Å². The Morgan fingerprint density at radius 2 is 1.83 bits per heavy atom. The van der Waals surface area contributed by atoms with Crippen LogP contribution in [-0.2, 0) is 0 Å². The van der Waals surface area contributed by atoms with Crippen molar-refractivity contribution in [1.82, 2.24) is 0 Å². The smallest absolute Gasteiger partial charge is 0.132 e. The highest BCUT2D eigenvalue weighted by Crippen LogP contribution is 2.24. The number of halogens is 2. The van der Waals surface area contributed by atoms with Crippen LogP contribution in [-0.4, -0.2) is 5.11 Å². The molecule has 1 unspecified atom stereocenters. The van der Waals surface area contributed by atoms with E-state index in [-0.39, 0.29) is 11.8 Å². The third-order valence-electron chi connectivity index (χ3n) is 2.68. The predicted octanol–water partition coefficient (Wildman–Crippen LogP) is 4.31. The van der Waals surface area contributed by atoms with Crippen molar-refractivity contribution in [3.63, 3.8) is 0 Å². The van der Waals surface area contributed by atoms with Gasteiger partial charge in [0.05, 0.1) is 6.04 Å². The van der Waals surface area contributed by atoms with Gasteiger partial charge in [-0.1, -0.05) is 6.07 Å². The minimum Gasteiger partial charge on any atom is -0.508 e. The van der Waals surface area contributed by atoms with Gasteiger partial charge in [0, 0.05) is 20.9 Å². The minimum atomic E-state index is -0.402. The zero-order chi connectivity index (χ0) is 13.1. The molecule has 0 fully saturated rings. The van der Waals surface area contributed by atoms with E-state index in [9.17, 15) is 9.50 Å². The average molecular weight is 357 g/mol. The normalized spacial score (nSPS) is 12.2. The zero-order valence-corrected chi connectivity index (χ0v) is 12.0. The van der Waals surface area contributed by atoms with E-state index in [1.807, 2.05) is 31.2 Å². The van der Waals surface area contributed by atoms with E-state index in [0.717, 1.165) is 15.3 Å². The number of rotatable bonds is 3. The summed E-state index contributed by atoms with van der Waals surface area (Å²) in [6.07, 6.45) is 0.